The maximum Gasteiger partial charge on any atom is 0.184 e. The number of benzene rings is 1. The smallest absolute Gasteiger partial charge is 0.184 e. The van der Waals surface area contributed by atoms with Gasteiger partial charge in [-0.2, -0.15) is 0 Å². The van der Waals surface area contributed by atoms with Gasteiger partial charge in [-0.25, -0.2) is 0 Å². The first kappa shape index (κ1) is 17.6. The average Bonchev–Trinajstić information content (AvgIpc) is 2.61. The summed E-state index contributed by atoms with van der Waals surface area (Å²) in [5.41, 5.74) is 0.964. The third-order valence-corrected chi connectivity index (χ3v) is 5.72. The first-order chi connectivity index (χ1) is 9.31. The molecular formula is C12H13I3O5. The first-order valence-electron chi connectivity index (χ1n) is 5.82. The highest BCUT2D eigenvalue weighted by atomic mass is 127. The number of ether oxygens (including phenoxy) is 1. The van der Waals surface area contributed by atoms with Gasteiger partial charge in [-0.05, 0) is 85.5 Å². The molecule has 5 unspecified atom stereocenters. The van der Waals surface area contributed by atoms with Crippen molar-refractivity contribution in [1.82, 2.24) is 0 Å². The van der Waals surface area contributed by atoms with E-state index in [0.29, 0.717) is 0 Å². The molecule has 20 heavy (non-hydrogen) atoms. The van der Waals surface area contributed by atoms with Crippen LogP contribution in [0.2, 0.25) is 0 Å². The summed E-state index contributed by atoms with van der Waals surface area (Å²) in [6, 6.07) is 4.00. The maximum absolute atomic E-state index is 10.2. The zero-order valence-electron chi connectivity index (χ0n) is 10.1. The lowest BCUT2D eigenvalue weighted by Crippen LogP contribution is -2.40. The van der Waals surface area contributed by atoms with Crippen LogP contribution in [0.5, 0.6) is 0 Å². The molecule has 0 aromatic heterocycles. The minimum atomic E-state index is -1.46. The van der Waals surface area contributed by atoms with E-state index < -0.39 is 30.7 Å². The summed E-state index contributed by atoms with van der Waals surface area (Å²) in [6.07, 6.45) is -5.85. The summed E-state index contributed by atoms with van der Waals surface area (Å²) >= 11 is 6.62. The van der Waals surface area contributed by atoms with E-state index in [9.17, 15) is 20.4 Å². The van der Waals surface area contributed by atoms with E-state index in [0.717, 1.165) is 16.3 Å². The summed E-state index contributed by atoms with van der Waals surface area (Å²) in [6.45, 7) is 0. The van der Waals surface area contributed by atoms with Gasteiger partial charge < -0.3 is 25.2 Å². The summed E-state index contributed by atoms with van der Waals surface area (Å²) in [4.78, 5) is 0. The Morgan fingerprint density at radius 3 is 2.05 bits per heavy atom. The molecule has 8 heteroatoms. The molecule has 2 rings (SSSR count). The van der Waals surface area contributed by atoms with E-state index in [1.807, 2.05) is 12.1 Å². The number of aliphatic hydroxyl groups excluding tert-OH is 4. The molecule has 0 amide bonds. The first-order valence-corrected chi connectivity index (χ1v) is 9.06. The van der Waals surface area contributed by atoms with E-state index in [4.69, 9.17) is 4.74 Å². The Bertz CT molecular complexity index is 475. The van der Waals surface area contributed by atoms with Crippen molar-refractivity contribution in [2.24, 2.45) is 0 Å². The van der Waals surface area contributed by atoms with Crippen LogP contribution in [-0.2, 0) is 11.2 Å². The van der Waals surface area contributed by atoms with Crippen molar-refractivity contribution in [3.05, 3.63) is 28.4 Å². The van der Waals surface area contributed by atoms with Crippen LogP contribution < -0.4 is 0 Å². The standard InChI is InChI=1S/C12H13I3O5/c13-4-1-6(14)5(7(15)2-4)3-8(16)11-9(17)10(18)12(19)20-11/h1-2,8-12,16-19H,3H2. The van der Waals surface area contributed by atoms with Crippen LogP contribution in [0.1, 0.15) is 5.56 Å². The molecule has 0 aliphatic carbocycles. The Labute approximate surface area is 157 Å². The molecule has 1 aromatic rings. The molecule has 112 valence electrons. The fourth-order valence-corrected chi connectivity index (χ4v) is 6.12. The number of rotatable bonds is 3. The van der Waals surface area contributed by atoms with Gasteiger partial charge in [0.2, 0.25) is 0 Å². The normalized spacial score (nSPS) is 31.6. The molecule has 4 N–H and O–H groups in total. The van der Waals surface area contributed by atoms with Crippen LogP contribution in [0.15, 0.2) is 12.1 Å². The highest BCUT2D eigenvalue weighted by Crippen LogP contribution is 2.28. The molecule has 5 atom stereocenters. The quantitative estimate of drug-likeness (QED) is 0.378. The van der Waals surface area contributed by atoms with E-state index in [1.54, 1.807) is 0 Å². The summed E-state index contributed by atoms with van der Waals surface area (Å²) < 4.78 is 8.17. The Balaban J connectivity index is 2.15. The molecule has 5 nitrogen and oxygen atoms in total. The van der Waals surface area contributed by atoms with Crippen LogP contribution in [0, 0.1) is 10.7 Å². The Kier molecular flexibility index (Phi) is 6.31. The van der Waals surface area contributed by atoms with Gasteiger partial charge in [-0.3, -0.25) is 0 Å². The highest BCUT2D eigenvalue weighted by Gasteiger charge is 2.45. The third-order valence-electron chi connectivity index (χ3n) is 3.17. The van der Waals surface area contributed by atoms with Crippen molar-refractivity contribution >= 4 is 67.8 Å². The lowest BCUT2D eigenvalue weighted by atomic mass is 9.99. The molecule has 1 heterocycles. The van der Waals surface area contributed by atoms with E-state index in [2.05, 4.69) is 67.8 Å². The number of halogens is 3. The van der Waals surface area contributed by atoms with Crippen molar-refractivity contribution in [3.63, 3.8) is 0 Å². The fourth-order valence-electron chi connectivity index (χ4n) is 2.10. The van der Waals surface area contributed by atoms with Gasteiger partial charge in [0.15, 0.2) is 6.29 Å². The Morgan fingerprint density at radius 2 is 1.60 bits per heavy atom. The van der Waals surface area contributed by atoms with Crippen molar-refractivity contribution in [2.45, 2.75) is 37.1 Å². The molecule has 1 aliphatic heterocycles. The Hall–Kier alpha value is 1.21. The molecule has 0 bridgehead atoms. The van der Waals surface area contributed by atoms with Gasteiger partial charge in [0.05, 0.1) is 6.10 Å². The summed E-state index contributed by atoms with van der Waals surface area (Å²) in [5, 5.41) is 38.8. The lowest BCUT2D eigenvalue weighted by molar-refractivity contribution is -0.145. The number of hydrogen-bond acceptors (Lipinski definition) is 5. The van der Waals surface area contributed by atoms with Crippen molar-refractivity contribution < 1.29 is 25.2 Å². The predicted molar refractivity (Wildman–Crippen MR) is 97.2 cm³/mol. The minimum absolute atomic E-state index is 0.286. The van der Waals surface area contributed by atoms with Gasteiger partial charge in [-0.1, -0.05) is 0 Å². The predicted octanol–water partition coefficient (Wildman–Crippen LogP) is 0.843. The average molecular weight is 618 g/mol. The van der Waals surface area contributed by atoms with Crippen LogP contribution >= 0.6 is 67.8 Å². The molecular weight excluding hydrogens is 605 g/mol. The Morgan fingerprint density at radius 1 is 1.05 bits per heavy atom. The van der Waals surface area contributed by atoms with Crippen molar-refractivity contribution in [3.8, 4) is 0 Å². The van der Waals surface area contributed by atoms with Gasteiger partial charge in [0.1, 0.15) is 18.3 Å². The molecule has 1 aromatic carbocycles. The monoisotopic (exact) mass is 618 g/mol. The SMILES string of the molecule is OC(Cc1c(I)cc(I)cc1I)C1OC(O)C(O)C1O. The summed E-state index contributed by atoms with van der Waals surface area (Å²) in [7, 11) is 0. The van der Waals surface area contributed by atoms with Gasteiger partial charge in [-0.15, -0.1) is 0 Å². The zero-order chi connectivity index (χ0) is 15.0. The molecule has 1 aliphatic rings. The number of aliphatic hydroxyl groups is 4. The van der Waals surface area contributed by atoms with E-state index in [-0.39, 0.29) is 6.42 Å². The molecule has 0 radical (unpaired) electrons. The maximum atomic E-state index is 10.2. The van der Waals surface area contributed by atoms with Gasteiger partial charge in [0, 0.05) is 17.1 Å². The topological polar surface area (TPSA) is 90.2 Å². The zero-order valence-corrected chi connectivity index (χ0v) is 16.6. The van der Waals surface area contributed by atoms with Crippen LogP contribution in [0.25, 0.3) is 0 Å². The lowest BCUT2D eigenvalue weighted by Gasteiger charge is -2.22. The second kappa shape index (κ2) is 7.19. The molecule has 1 fully saturated rings. The molecule has 1 saturated heterocycles. The number of hydrogen-bond donors (Lipinski definition) is 4. The van der Waals surface area contributed by atoms with Crippen LogP contribution in [0.3, 0.4) is 0 Å². The van der Waals surface area contributed by atoms with Crippen molar-refractivity contribution in [1.29, 1.82) is 0 Å². The second-order valence-corrected chi connectivity index (χ2v) is 8.16. The second-order valence-electron chi connectivity index (χ2n) is 4.59. The summed E-state index contributed by atoms with van der Waals surface area (Å²) in [5.74, 6) is 0. The minimum Gasteiger partial charge on any atom is -0.390 e. The van der Waals surface area contributed by atoms with Gasteiger partial charge in [0.25, 0.3) is 0 Å². The molecule has 0 saturated carbocycles. The van der Waals surface area contributed by atoms with Crippen molar-refractivity contribution in [2.75, 3.05) is 0 Å². The largest absolute Gasteiger partial charge is 0.390 e. The molecule has 0 spiro atoms. The van der Waals surface area contributed by atoms with Crippen LogP contribution in [0.4, 0.5) is 0 Å². The van der Waals surface area contributed by atoms with E-state index >= 15 is 0 Å². The van der Waals surface area contributed by atoms with Crippen LogP contribution in [-0.4, -0.2) is 51.1 Å². The third kappa shape index (κ3) is 3.75. The van der Waals surface area contributed by atoms with Gasteiger partial charge >= 0.3 is 0 Å². The van der Waals surface area contributed by atoms with E-state index in [1.165, 1.54) is 0 Å². The fraction of sp³-hybridized carbons (Fsp3) is 0.500. The highest BCUT2D eigenvalue weighted by molar-refractivity contribution is 14.1.